The van der Waals surface area contributed by atoms with Crippen LogP contribution in [0.4, 0.5) is 0 Å². The fourth-order valence-electron chi connectivity index (χ4n) is 3.16. The first kappa shape index (κ1) is 14.9. The van der Waals surface area contributed by atoms with Crippen LogP contribution in [0, 0.1) is 5.92 Å². The molecule has 1 amide bonds. The summed E-state index contributed by atoms with van der Waals surface area (Å²) in [6, 6.07) is 1.84. The number of amides is 1. The standard InChI is InChI=1S/C15H22N6O/c16-10-12(11-5-2-1-3-6-11)18-14(22)9-13-19-15-17-7-4-8-21(15)20-13/h4,7-8,11-12H,1-3,5-6,9-10,16H2,(H,18,22). The number of carbonyl (C=O) groups excluding carboxylic acids is 1. The van der Waals surface area contributed by atoms with E-state index >= 15 is 0 Å². The van der Waals surface area contributed by atoms with E-state index in [2.05, 4.69) is 20.4 Å². The zero-order valence-corrected chi connectivity index (χ0v) is 12.6. The Bertz CT molecular complexity index is 601. The van der Waals surface area contributed by atoms with Crippen molar-refractivity contribution in [3.63, 3.8) is 0 Å². The van der Waals surface area contributed by atoms with Crippen molar-refractivity contribution in [3.8, 4) is 0 Å². The van der Waals surface area contributed by atoms with Gasteiger partial charge in [0.05, 0.1) is 6.42 Å². The van der Waals surface area contributed by atoms with Gasteiger partial charge in [-0.25, -0.2) is 9.50 Å². The maximum absolute atomic E-state index is 12.2. The molecule has 0 aromatic carbocycles. The Balaban J connectivity index is 1.60. The van der Waals surface area contributed by atoms with Gasteiger partial charge in [0.2, 0.25) is 5.91 Å². The van der Waals surface area contributed by atoms with E-state index in [0.717, 1.165) is 12.8 Å². The molecular formula is C15H22N6O. The summed E-state index contributed by atoms with van der Waals surface area (Å²) in [4.78, 5) is 20.6. The van der Waals surface area contributed by atoms with Crippen molar-refractivity contribution >= 4 is 11.7 Å². The first-order valence-electron chi connectivity index (χ1n) is 7.92. The van der Waals surface area contributed by atoms with Crippen LogP contribution in [0.25, 0.3) is 5.78 Å². The van der Waals surface area contributed by atoms with Crippen LogP contribution in [-0.2, 0) is 11.2 Å². The molecule has 2 aromatic heterocycles. The lowest BCUT2D eigenvalue weighted by Crippen LogP contribution is -2.46. The summed E-state index contributed by atoms with van der Waals surface area (Å²) in [5, 5.41) is 7.30. The highest BCUT2D eigenvalue weighted by atomic mass is 16.1. The average Bonchev–Trinajstić information content (AvgIpc) is 2.95. The van der Waals surface area contributed by atoms with E-state index in [9.17, 15) is 4.79 Å². The molecule has 0 bridgehead atoms. The molecule has 3 N–H and O–H groups in total. The number of nitrogens with two attached hydrogens (primary N) is 1. The Morgan fingerprint density at radius 3 is 2.95 bits per heavy atom. The van der Waals surface area contributed by atoms with Gasteiger partial charge in [0, 0.05) is 25.0 Å². The summed E-state index contributed by atoms with van der Waals surface area (Å²) >= 11 is 0. The highest BCUT2D eigenvalue weighted by molar-refractivity contribution is 5.78. The number of nitrogens with zero attached hydrogens (tertiary/aromatic N) is 4. The van der Waals surface area contributed by atoms with Gasteiger partial charge in [-0.2, -0.15) is 4.98 Å². The topological polar surface area (TPSA) is 98.2 Å². The molecule has 118 valence electrons. The molecule has 1 aliphatic rings. The van der Waals surface area contributed by atoms with Crippen LogP contribution < -0.4 is 11.1 Å². The van der Waals surface area contributed by atoms with Crippen molar-refractivity contribution in [2.45, 2.75) is 44.6 Å². The minimum atomic E-state index is -0.0723. The number of hydrogen-bond acceptors (Lipinski definition) is 5. The van der Waals surface area contributed by atoms with Gasteiger partial charge in [-0.1, -0.05) is 19.3 Å². The number of nitrogens with one attached hydrogen (secondary N) is 1. The van der Waals surface area contributed by atoms with Gasteiger partial charge in [0.1, 0.15) is 0 Å². The van der Waals surface area contributed by atoms with Gasteiger partial charge in [0.15, 0.2) is 5.82 Å². The molecule has 0 saturated heterocycles. The zero-order valence-electron chi connectivity index (χ0n) is 12.6. The zero-order chi connectivity index (χ0) is 15.4. The van der Waals surface area contributed by atoms with Gasteiger partial charge >= 0.3 is 0 Å². The van der Waals surface area contributed by atoms with Crippen molar-refractivity contribution in [1.29, 1.82) is 0 Å². The van der Waals surface area contributed by atoms with Crippen molar-refractivity contribution in [2.24, 2.45) is 11.7 Å². The van der Waals surface area contributed by atoms with Crippen LogP contribution in [-0.4, -0.2) is 38.1 Å². The lowest BCUT2D eigenvalue weighted by atomic mass is 9.84. The average molecular weight is 302 g/mol. The van der Waals surface area contributed by atoms with Crippen LogP contribution in [0.2, 0.25) is 0 Å². The number of rotatable bonds is 5. The molecule has 3 rings (SSSR count). The van der Waals surface area contributed by atoms with E-state index in [4.69, 9.17) is 5.73 Å². The molecule has 7 heteroatoms. The Morgan fingerprint density at radius 1 is 1.41 bits per heavy atom. The molecular weight excluding hydrogens is 280 g/mol. The van der Waals surface area contributed by atoms with Gasteiger partial charge in [-0.15, -0.1) is 5.10 Å². The van der Waals surface area contributed by atoms with E-state index in [-0.39, 0.29) is 18.4 Å². The van der Waals surface area contributed by atoms with Crippen LogP contribution in [0.1, 0.15) is 37.9 Å². The second-order valence-corrected chi connectivity index (χ2v) is 5.88. The lowest BCUT2D eigenvalue weighted by Gasteiger charge is -2.30. The fraction of sp³-hybridized carbons (Fsp3) is 0.600. The van der Waals surface area contributed by atoms with Gasteiger partial charge < -0.3 is 11.1 Å². The van der Waals surface area contributed by atoms with E-state index < -0.39 is 0 Å². The molecule has 2 heterocycles. The summed E-state index contributed by atoms with van der Waals surface area (Å²) < 4.78 is 1.57. The van der Waals surface area contributed by atoms with Crippen molar-refractivity contribution < 1.29 is 4.79 Å². The molecule has 1 unspecified atom stereocenters. The lowest BCUT2D eigenvalue weighted by molar-refractivity contribution is -0.121. The molecule has 1 atom stereocenters. The number of hydrogen-bond donors (Lipinski definition) is 2. The smallest absolute Gasteiger partial charge is 0.252 e. The Morgan fingerprint density at radius 2 is 2.23 bits per heavy atom. The van der Waals surface area contributed by atoms with E-state index in [1.807, 2.05) is 0 Å². The molecule has 0 radical (unpaired) electrons. The highest BCUT2D eigenvalue weighted by Crippen LogP contribution is 2.26. The SMILES string of the molecule is NCC(NC(=O)Cc1nc2ncccn2n1)C1CCCCC1. The molecule has 22 heavy (non-hydrogen) atoms. The summed E-state index contributed by atoms with van der Waals surface area (Å²) in [7, 11) is 0. The molecule has 1 fully saturated rings. The quantitative estimate of drug-likeness (QED) is 0.847. The summed E-state index contributed by atoms with van der Waals surface area (Å²) in [6.07, 6.45) is 9.64. The molecule has 0 spiro atoms. The van der Waals surface area contributed by atoms with Gasteiger partial charge in [-0.05, 0) is 24.8 Å². The predicted octanol–water partition coefficient (Wildman–Crippen LogP) is 0.691. The second-order valence-electron chi connectivity index (χ2n) is 5.88. The van der Waals surface area contributed by atoms with Gasteiger partial charge in [0.25, 0.3) is 5.78 Å². The summed E-state index contributed by atoms with van der Waals surface area (Å²) in [5.74, 6) is 1.42. The van der Waals surface area contributed by atoms with Crippen LogP contribution in [0.15, 0.2) is 18.5 Å². The van der Waals surface area contributed by atoms with E-state index in [0.29, 0.717) is 24.1 Å². The normalized spacial score (nSPS) is 17.5. The molecule has 7 nitrogen and oxygen atoms in total. The van der Waals surface area contributed by atoms with Crippen LogP contribution in [0.3, 0.4) is 0 Å². The maximum Gasteiger partial charge on any atom is 0.252 e. The first-order chi connectivity index (χ1) is 10.8. The molecule has 1 saturated carbocycles. The fourth-order valence-corrected chi connectivity index (χ4v) is 3.16. The molecule has 0 aliphatic heterocycles. The molecule has 2 aromatic rings. The number of fused-ring (bicyclic) bond motifs is 1. The molecule has 1 aliphatic carbocycles. The van der Waals surface area contributed by atoms with E-state index in [1.165, 1.54) is 19.3 Å². The minimum Gasteiger partial charge on any atom is -0.351 e. The third kappa shape index (κ3) is 3.41. The summed E-state index contributed by atoms with van der Waals surface area (Å²) in [5.41, 5.74) is 5.85. The predicted molar refractivity (Wildman–Crippen MR) is 82.0 cm³/mol. The third-order valence-electron chi connectivity index (χ3n) is 4.30. The Labute approximate surface area is 129 Å². The summed E-state index contributed by atoms with van der Waals surface area (Å²) in [6.45, 7) is 0.483. The largest absolute Gasteiger partial charge is 0.351 e. The number of carbonyl (C=O) groups is 1. The minimum absolute atomic E-state index is 0.0583. The number of aromatic nitrogens is 4. The monoisotopic (exact) mass is 302 g/mol. The van der Waals surface area contributed by atoms with Crippen LogP contribution >= 0.6 is 0 Å². The van der Waals surface area contributed by atoms with Crippen molar-refractivity contribution in [3.05, 3.63) is 24.3 Å². The Hall–Kier alpha value is -2.02. The van der Waals surface area contributed by atoms with Crippen LogP contribution in [0.5, 0.6) is 0 Å². The van der Waals surface area contributed by atoms with E-state index in [1.54, 1.807) is 23.0 Å². The first-order valence-corrected chi connectivity index (χ1v) is 7.92. The van der Waals surface area contributed by atoms with Gasteiger partial charge in [-0.3, -0.25) is 4.79 Å². The second kappa shape index (κ2) is 6.83. The highest BCUT2D eigenvalue weighted by Gasteiger charge is 2.24. The Kier molecular flexibility index (Phi) is 4.62. The van der Waals surface area contributed by atoms with Crippen molar-refractivity contribution in [2.75, 3.05) is 6.54 Å². The maximum atomic E-state index is 12.2. The van der Waals surface area contributed by atoms with Crippen molar-refractivity contribution in [1.82, 2.24) is 24.9 Å². The third-order valence-corrected chi connectivity index (χ3v) is 4.30.